The lowest BCUT2D eigenvalue weighted by molar-refractivity contribution is 0.0953. The summed E-state index contributed by atoms with van der Waals surface area (Å²) in [5.74, 6) is -0.00964. The average Bonchev–Trinajstić information content (AvgIpc) is 2.75. The highest BCUT2D eigenvalue weighted by Crippen LogP contribution is 2.23. The Bertz CT molecular complexity index is 877. The van der Waals surface area contributed by atoms with E-state index in [1.807, 2.05) is 12.1 Å². The van der Waals surface area contributed by atoms with Gasteiger partial charge in [0.2, 0.25) is 0 Å². The fraction of sp³-hybridized carbons (Fsp3) is 0.318. The maximum Gasteiger partial charge on any atom is 0.257 e. The van der Waals surface area contributed by atoms with Crippen LogP contribution in [0.25, 0.3) is 0 Å². The number of nitrogens with one attached hydrogen (secondary N) is 2. The normalized spacial score (nSPS) is 13.4. The number of methoxy groups -OCH3 is 1. The minimum Gasteiger partial charge on any atom is -0.495 e. The van der Waals surface area contributed by atoms with Crippen molar-refractivity contribution in [1.29, 1.82) is 0 Å². The van der Waals surface area contributed by atoms with Crippen LogP contribution >= 0.6 is 0 Å². The second-order valence-corrected chi connectivity index (χ2v) is 6.73. The molecular formula is C22H25N3O3. The molecule has 0 radical (unpaired) electrons. The largest absolute Gasteiger partial charge is 0.495 e. The van der Waals surface area contributed by atoms with Gasteiger partial charge < -0.3 is 15.4 Å². The van der Waals surface area contributed by atoms with Gasteiger partial charge >= 0.3 is 0 Å². The van der Waals surface area contributed by atoms with Gasteiger partial charge in [-0.25, -0.2) is 0 Å². The summed E-state index contributed by atoms with van der Waals surface area (Å²) >= 11 is 0. The maximum atomic E-state index is 12.5. The second kappa shape index (κ2) is 9.69. The zero-order valence-corrected chi connectivity index (χ0v) is 16.0. The number of anilines is 1. The number of allylic oxidation sites excluding steroid dienone is 1. The highest BCUT2D eigenvalue weighted by atomic mass is 16.5. The predicted octanol–water partition coefficient (Wildman–Crippen LogP) is 3.96. The SMILES string of the molecule is COc1ccccc1NC(=O)c1cncc(C(=O)NCCC2=CCCCC2)c1. The summed E-state index contributed by atoms with van der Waals surface area (Å²) < 4.78 is 5.24. The number of nitrogens with zero attached hydrogens (tertiary/aromatic N) is 1. The van der Waals surface area contributed by atoms with Crippen molar-refractivity contribution in [2.24, 2.45) is 0 Å². The third-order valence-corrected chi connectivity index (χ3v) is 4.73. The molecule has 1 aromatic heterocycles. The van der Waals surface area contributed by atoms with E-state index in [4.69, 9.17) is 4.74 Å². The van der Waals surface area contributed by atoms with Crippen LogP contribution < -0.4 is 15.4 Å². The number of pyridine rings is 1. The van der Waals surface area contributed by atoms with E-state index in [9.17, 15) is 9.59 Å². The molecule has 0 bridgehead atoms. The Morgan fingerprint density at radius 2 is 1.89 bits per heavy atom. The molecule has 2 aromatic rings. The van der Waals surface area contributed by atoms with E-state index in [1.54, 1.807) is 25.3 Å². The number of ether oxygens (including phenoxy) is 1. The van der Waals surface area contributed by atoms with Crippen molar-refractivity contribution < 1.29 is 14.3 Å². The molecule has 2 N–H and O–H groups in total. The second-order valence-electron chi connectivity index (χ2n) is 6.73. The molecule has 3 rings (SSSR count). The van der Waals surface area contributed by atoms with E-state index in [1.165, 1.54) is 30.8 Å². The molecular weight excluding hydrogens is 354 g/mol. The summed E-state index contributed by atoms with van der Waals surface area (Å²) in [5.41, 5.74) is 2.65. The molecule has 0 saturated carbocycles. The van der Waals surface area contributed by atoms with Crippen LogP contribution in [-0.4, -0.2) is 30.5 Å². The van der Waals surface area contributed by atoms with Crippen molar-refractivity contribution in [3.8, 4) is 5.75 Å². The van der Waals surface area contributed by atoms with E-state index in [0.29, 0.717) is 29.1 Å². The minimum absolute atomic E-state index is 0.226. The van der Waals surface area contributed by atoms with Crippen LogP contribution in [0.5, 0.6) is 5.75 Å². The van der Waals surface area contributed by atoms with Gasteiger partial charge in [0.1, 0.15) is 5.75 Å². The molecule has 146 valence electrons. The first-order valence-corrected chi connectivity index (χ1v) is 9.53. The molecule has 0 aliphatic heterocycles. The molecule has 0 unspecified atom stereocenters. The summed E-state index contributed by atoms with van der Waals surface area (Å²) in [5, 5.41) is 5.70. The molecule has 0 spiro atoms. The number of aromatic nitrogens is 1. The Morgan fingerprint density at radius 1 is 1.11 bits per heavy atom. The van der Waals surface area contributed by atoms with Crippen molar-refractivity contribution >= 4 is 17.5 Å². The molecule has 0 saturated heterocycles. The van der Waals surface area contributed by atoms with Gasteiger partial charge in [0, 0.05) is 18.9 Å². The van der Waals surface area contributed by atoms with Crippen molar-refractivity contribution in [2.45, 2.75) is 32.1 Å². The molecule has 2 amide bonds. The lowest BCUT2D eigenvalue weighted by atomic mass is 9.97. The van der Waals surface area contributed by atoms with Gasteiger partial charge in [0.05, 0.1) is 23.9 Å². The van der Waals surface area contributed by atoms with Crippen molar-refractivity contribution in [3.63, 3.8) is 0 Å². The smallest absolute Gasteiger partial charge is 0.257 e. The fourth-order valence-corrected chi connectivity index (χ4v) is 3.20. The Balaban J connectivity index is 1.60. The standard InChI is InChI=1S/C22H25N3O3/c1-28-20-10-6-5-9-19(20)25-22(27)18-13-17(14-23-15-18)21(26)24-12-11-16-7-3-2-4-8-16/h5-7,9-10,13-15H,2-4,8,11-12H2,1H3,(H,24,26)(H,25,27). The third-order valence-electron chi connectivity index (χ3n) is 4.73. The van der Waals surface area contributed by atoms with Crippen molar-refractivity contribution in [1.82, 2.24) is 10.3 Å². The van der Waals surface area contributed by atoms with E-state index in [-0.39, 0.29) is 11.8 Å². The summed E-state index contributed by atoms with van der Waals surface area (Å²) in [7, 11) is 1.54. The van der Waals surface area contributed by atoms with Crippen molar-refractivity contribution in [2.75, 3.05) is 19.0 Å². The van der Waals surface area contributed by atoms with E-state index in [2.05, 4.69) is 21.7 Å². The van der Waals surface area contributed by atoms with Gasteiger partial charge in [0.25, 0.3) is 11.8 Å². The van der Waals surface area contributed by atoms with Gasteiger partial charge in [-0.15, -0.1) is 0 Å². The minimum atomic E-state index is -0.348. The van der Waals surface area contributed by atoms with Crippen LogP contribution in [0, 0.1) is 0 Å². The number of carbonyl (C=O) groups excluding carboxylic acids is 2. The molecule has 0 fully saturated rings. The highest BCUT2D eigenvalue weighted by molar-refractivity contribution is 6.06. The average molecular weight is 379 g/mol. The number of para-hydroxylation sites is 2. The number of hydrogen-bond donors (Lipinski definition) is 2. The highest BCUT2D eigenvalue weighted by Gasteiger charge is 2.13. The summed E-state index contributed by atoms with van der Waals surface area (Å²) in [6.07, 6.45) is 10.8. The Kier molecular flexibility index (Phi) is 6.78. The summed E-state index contributed by atoms with van der Waals surface area (Å²) in [6.45, 7) is 0.586. The van der Waals surface area contributed by atoms with Crippen LogP contribution in [0.4, 0.5) is 5.69 Å². The van der Waals surface area contributed by atoms with Crippen LogP contribution in [0.1, 0.15) is 52.8 Å². The Hall–Kier alpha value is -3.15. The zero-order valence-electron chi connectivity index (χ0n) is 16.0. The van der Waals surface area contributed by atoms with Crippen LogP contribution in [0.2, 0.25) is 0 Å². The fourth-order valence-electron chi connectivity index (χ4n) is 3.20. The van der Waals surface area contributed by atoms with E-state index in [0.717, 1.165) is 19.3 Å². The maximum absolute atomic E-state index is 12.5. The summed E-state index contributed by atoms with van der Waals surface area (Å²) in [6, 6.07) is 8.69. The molecule has 1 aromatic carbocycles. The first-order valence-electron chi connectivity index (χ1n) is 9.53. The third kappa shape index (κ3) is 5.19. The number of rotatable bonds is 7. The quantitative estimate of drug-likeness (QED) is 0.714. The van der Waals surface area contributed by atoms with Crippen LogP contribution in [0.15, 0.2) is 54.4 Å². The van der Waals surface area contributed by atoms with Gasteiger partial charge in [0.15, 0.2) is 0 Å². The van der Waals surface area contributed by atoms with E-state index >= 15 is 0 Å². The van der Waals surface area contributed by atoms with Gasteiger partial charge in [-0.05, 0) is 50.3 Å². The molecule has 6 nitrogen and oxygen atoms in total. The Morgan fingerprint density at radius 3 is 2.64 bits per heavy atom. The number of carbonyl (C=O) groups is 2. The lowest BCUT2D eigenvalue weighted by Crippen LogP contribution is -2.25. The molecule has 1 heterocycles. The van der Waals surface area contributed by atoms with Gasteiger partial charge in [-0.1, -0.05) is 23.8 Å². The summed E-state index contributed by atoms with van der Waals surface area (Å²) in [4.78, 5) is 29.0. The van der Waals surface area contributed by atoms with Gasteiger partial charge in [-0.3, -0.25) is 14.6 Å². The predicted molar refractivity (Wildman–Crippen MR) is 109 cm³/mol. The van der Waals surface area contributed by atoms with Crippen LogP contribution in [-0.2, 0) is 0 Å². The number of amides is 2. The Labute approximate surface area is 165 Å². The molecule has 1 aliphatic carbocycles. The molecule has 6 heteroatoms. The number of hydrogen-bond acceptors (Lipinski definition) is 4. The first-order chi connectivity index (χ1) is 13.7. The monoisotopic (exact) mass is 379 g/mol. The molecule has 1 aliphatic rings. The molecule has 28 heavy (non-hydrogen) atoms. The zero-order chi connectivity index (χ0) is 19.8. The van der Waals surface area contributed by atoms with E-state index < -0.39 is 0 Å². The lowest BCUT2D eigenvalue weighted by Gasteiger charge is -2.13. The van der Waals surface area contributed by atoms with Gasteiger partial charge in [-0.2, -0.15) is 0 Å². The van der Waals surface area contributed by atoms with Crippen LogP contribution in [0.3, 0.4) is 0 Å². The topological polar surface area (TPSA) is 80.3 Å². The first kappa shape index (κ1) is 19.6. The van der Waals surface area contributed by atoms with Crippen molar-refractivity contribution in [3.05, 3.63) is 65.5 Å². The number of benzene rings is 1. The molecule has 0 atom stereocenters.